The van der Waals surface area contributed by atoms with Crippen molar-refractivity contribution >= 4 is 5.91 Å². The SMILES string of the molecule is CC(CC1CC1)NC(=O)c1cc(O)cc(O)c1. The van der Waals surface area contributed by atoms with E-state index >= 15 is 0 Å². The molecule has 0 aromatic heterocycles. The van der Waals surface area contributed by atoms with Crippen LogP contribution in [0.15, 0.2) is 18.2 Å². The second-order valence-corrected chi connectivity index (χ2v) is 4.79. The van der Waals surface area contributed by atoms with E-state index in [0.29, 0.717) is 0 Å². The van der Waals surface area contributed by atoms with Gasteiger partial charge in [0.1, 0.15) is 11.5 Å². The van der Waals surface area contributed by atoms with Crippen molar-refractivity contribution in [2.75, 3.05) is 0 Å². The van der Waals surface area contributed by atoms with E-state index in [9.17, 15) is 15.0 Å². The van der Waals surface area contributed by atoms with Gasteiger partial charge in [0.05, 0.1) is 0 Å². The molecule has 0 radical (unpaired) electrons. The van der Waals surface area contributed by atoms with E-state index in [2.05, 4.69) is 5.32 Å². The minimum absolute atomic E-state index is 0.106. The summed E-state index contributed by atoms with van der Waals surface area (Å²) in [4.78, 5) is 11.8. The number of nitrogens with one attached hydrogen (secondary N) is 1. The average molecular weight is 235 g/mol. The van der Waals surface area contributed by atoms with Gasteiger partial charge in [0.2, 0.25) is 0 Å². The van der Waals surface area contributed by atoms with Crippen molar-refractivity contribution in [2.24, 2.45) is 5.92 Å². The van der Waals surface area contributed by atoms with Crippen molar-refractivity contribution in [1.82, 2.24) is 5.32 Å². The smallest absolute Gasteiger partial charge is 0.251 e. The molecular weight excluding hydrogens is 218 g/mol. The van der Waals surface area contributed by atoms with Crippen LogP contribution in [0.2, 0.25) is 0 Å². The molecule has 4 nitrogen and oxygen atoms in total. The van der Waals surface area contributed by atoms with Gasteiger partial charge in [-0.3, -0.25) is 4.79 Å². The number of carbonyl (C=O) groups excluding carboxylic acids is 1. The van der Waals surface area contributed by atoms with Gasteiger partial charge < -0.3 is 15.5 Å². The van der Waals surface area contributed by atoms with E-state index in [4.69, 9.17) is 0 Å². The van der Waals surface area contributed by atoms with E-state index < -0.39 is 0 Å². The maximum atomic E-state index is 11.8. The summed E-state index contributed by atoms with van der Waals surface area (Å²) in [5.41, 5.74) is 0.283. The van der Waals surface area contributed by atoms with Gasteiger partial charge in [0.25, 0.3) is 5.91 Å². The molecule has 1 amide bonds. The van der Waals surface area contributed by atoms with Gasteiger partial charge in [-0.2, -0.15) is 0 Å². The van der Waals surface area contributed by atoms with Gasteiger partial charge in [-0.25, -0.2) is 0 Å². The minimum Gasteiger partial charge on any atom is -0.508 e. The second-order valence-electron chi connectivity index (χ2n) is 4.79. The van der Waals surface area contributed by atoms with Gasteiger partial charge in [-0.1, -0.05) is 12.8 Å². The van der Waals surface area contributed by atoms with Crippen LogP contribution in [-0.4, -0.2) is 22.2 Å². The third kappa shape index (κ3) is 3.37. The topological polar surface area (TPSA) is 69.6 Å². The second kappa shape index (κ2) is 4.65. The third-order valence-corrected chi connectivity index (χ3v) is 2.93. The summed E-state index contributed by atoms with van der Waals surface area (Å²) in [6, 6.07) is 4.02. The van der Waals surface area contributed by atoms with Crippen molar-refractivity contribution in [2.45, 2.75) is 32.2 Å². The average Bonchev–Trinajstić information content (AvgIpc) is 2.99. The van der Waals surface area contributed by atoms with Gasteiger partial charge in [0.15, 0.2) is 0 Å². The molecule has 1 aromatic carbocycles. The third-order valence-electron chi connectivity index (χ3n) is 2.93. The lowest BCUT2D eigenvalue weighted by Gasteiger charge is -2.13. The zero-order chi connectivity index (χ0) is 12.4. The number of benzene rings is 1. The number of rotatable bonds is 4. The predicted molar refractivity (Wildman–Crippen MR) is 64.0 cm³/mol. The fourth-order valence-corrected chi connectivity index (χ4v) is 1.95. The predicted octanol–water partition coefficient (Wildman–Crippen LogP) is 2.02. The van der Waals surface area contributed by atoms with Crippen LogP contribution in [0.4, 0.5) is 0 Å². The summed E-state index contributed by atoms with van der Waals surface area (Å²) in [6.45, 7) is 1.97. The van der Waals surface area contributed by atoms with E-state index in [1.54, 1.807) is 0 Å². The Morgan fingerprint density at radius 2 is 1.94 bits per heavy atom. The number of carbonyl (C=O) groups is 1. The number of hydrogen-bond donors (Lipinski definition) is 3. The van der Waals surface area contributed by atoms with Crippen molar-refractivity contribution in [3.63, 3.8) is 0 Å². The van der Waals surface area contributed by atoms with Crippen LogP contribution in [0.5, 0.6) is 11.5 Å². The Morgan fingerprint density at radius 3 is 2.47 bits per heavy atom. The Kier molecular flexibility index (Phi) is 3.22. The summed E-state index contributed by atoms with van der Waals surface area (Å²) in [7, 11) is 0. The van der Waals surface area contributed by atoms with E-state index in [1.807, 2.05) is 6.92 Å². The molecule has 1 fully saturated rings. The normalized spacial score (nSPS) is 16.5. The minimum atomic E-state index is -0.260. The molecule has 17 heavy (non-hydrogen) atoms. The standard InChI is InChI=1S/C13H17NO3/c1-8(4-9-2-3-9)14-13(17)10-5-11(15)7-12(16)6-10/h5-9,15-16H,2-4H2,1H3,(H,14,17). The van der Waals surface area contributed by atoms with Crippen LogP contribution in [0.3, 0.4) is 0 Å². The molecule has 1 aliphatic rings. The maximum absolute atomic E-state index is 11.8. The summed E-state index contributed by atoms with van der Waals surface area (Å²) >= 11 is 0. The molecule has 4 heteroatoms. The fraction of sp³-hybridized carbons (Fsp3) is 0.462. The molecular formula is C13H17NO3. The quantitative estimate of drug-likeness (QED) is 0.747. The Labute approximate surface area is 100 Å². The van der Waals surface area contributed by atoms with Gasteiger partial charge >= 0.3 is 0 Å². The Hall–Kier alpha value is -1.71. The molecule has 0 bridgehead atoms. The first-order chi connectivity index (χ1) is 8.04. The molecule has 92 valence electrons. The number of aromatic hydroxyl groups is 2. The number of phenolic OH excluding ortho intramolecular Hbond substituents is 2. The van der Waals surface area contributed by atoms with Crippen molar-refractivity contribution < 1.29 is 15.0 Å². The summed E-state index contributed by atoms with van der Waals surface area (Å²) in [5.74, 6) is 0.280. The largest absolute Gasteiger partial charge is 0.508 e. The molecule has 1 aliphatic carbocycles. The fourth-order valence-electron chi connectivity index (χ4n) is 1.95. The zero-order valence-corrected chi connectivity index (χ0v) is 9.81. The van der Waals surface area contributed by atoms with E-state index in [1.165, 1.54) is 31.0 Å². The highest BCUT2D eigenvalue weighted by Gasteiger charge is 2.24. The van der Waals surface area contributed by atoms with Gasteiger partial charge in [-0.15, -0.1) is 0 Å². The Morgan fingerprint density at radius 1 is 1.35 bits per heavy atom. The Balaban J connectivity index is 1.97. The molecule has 1 aromatic rings. The van der Waals surface area contributed by atoms with Crippen molar-refractivity contribution in [1.29, 1.82) is 0 Å². The zero-order valence-electron chi connectivity index (χ0n) is 9.81. The van der Waals surface area contributed by atoms with Crippen LogP contribution in [0.25, 0.3) is 0 Å². The number of hydrogen-bond acceptors (Lipinski definition) is 3. The first-order valence-corrected chi connectivity index (χ1v) is 5.88. The summed E-state index contributed by atoms with van der Waals surface area (Å²) in [6.07, 6.45) is 3.51. The first-order valence-electron chi connectivity index (χ1n) is 5.88. The molecule has 3 N–H and O–H groups in total. The monoisotopic (exact) mass is 235 g/mol. The van der Waals surface area contributed by atoms with Crippen molar-refractivity contribution in [3.05, 3.63) is 23.8 Å². The van der Waals surface area contributed by atoms with Crippen molar-refractivity contribution in [3.8, 4) is 11.5 Å². The van der Waals surface area contributed by atoms with Crippen LogP contribution in [0, 0.1) is 5.92 Å². The molecule has 1 saturated carbocycles. The van der Waals surface area contributed by atoms with Crippen LogP contribution in [0.1, 0.15) is 36.5 Å². The highest BCUT2D eigenvalue weighted by atomic mass is 16.3. The molecule has 2 rings (SSSR count). The number of phenols is 2. The molecule has 1 atom stereocenters. The molecule has 0 saturated heterocycles. The summed E-state index contributed by atoms with van der Waals surface area (Å²) < 4.78 is 0. The number of amides is 1. The van der Waals surface area contributed by atoms with Gasteiger partial charge in [-0.05, 0) is 31.4 Å². The van der Waals surface area contributed by atoms with Crippen LogP contribution < -0.4 is 5.32 Å². The lowest BCUT2D eigenvalue weighted by atomic mass is 10.1. The van der Waals surface area contributed by atoms with Gasteiger partial charge in [0, 0.05) is 17.7 Å². The molecule has 0 spiro atoms. The highest BCUT2D eigenvalue weighted by Crippen LogP contribution is 2.33. The lowest BCUT2D eigenvalue weighted by Crippen LogP contribution is -2.32. The van der Waals surface area contributed by atoms with Crippen LogP contribution in [-0.2, 0) is 0 Å². The van der Waals surface area contributed by atoms with E-state index in [-0.39, 0.29) is 29.0 Å². The van der Waals surface area contributed by atoms with E-state index in [0.717, 1.165) is 12.3 Å². The molecule has 0 aliphatic heterocycles. The maximum Gasteiger partial charge on any atom is 0.251 e. The summed E-state index contributed by atoms with van der Waals surface area (Å²) in [5, 5.41) is 21.4. The molecule has 0 heterocycles. The van der Waals surface area contributed by atoms with Crippen LogP contribution >= 0.6 is 0 Å². The highest BCUT2D eigenvalue weighted by molar-refractivity contribution is 5.95. The Bertz CT molecular complexity index is 406. The molecule has 1 unspecified atom stereocenters. The lowest BCUT2D eigenvalue weighted by molar-refractivity contribution is 0.0936. The first kappa shape index (κ1) is 11.8.